The predicted molar refractivity (Wildman–Crippen MR) is 77.0 cm³/mol. The molecule has 3 nitrogen and oxygen atoms in total. The van der Waals surface area contributed by atoms with Gasteiger partial charge in [-0.3, -0.25) is 4.79 Å². The molecule has 3 heteroatoms. The molecule has 0 radical (unpaired) electrons. The summed E-state index contributed by atoms with van der Waals surface area (Å²) in [6.45, 7) is 4.11. The lowest BCUT2D eigenvalue weighted by Crippen LogP contribution is -2.55. The Morgan fingerprint density at radius 1 is 1.11 bits per heavy atom. The van der Waals surface area contributed by atoms with Crippen LogP contribution >= 0.6 is 0 Å². The maximum Gasteiger partial charge on any atom is 0.242 e. The van der Waals surface area contributed by atoms with Crippen LogP contribution in [0.15, 0.2) is 0 Å². The highest BCUT2D eigenvalue weighted by molar-refractivity contribution is 5.86. The molecule has 0 bridgehead atoms. The standard InChI is InChI=1S/C16H28N2O/c1-16(10-6-11-17-16)15(19)18-12-5-9-14(18)13-7-3-2-4-8-13/h13-14,17H,2-12H2,1H3. The third-order valence-corrected chi connectivity index (χ3v) is 5.59. The molecule has 3 rings (SSSR count). The van der Waals surface area contributed by atoms with Gasteiger partial charge in [0.25, 0.3) is 0 Å². The first-order valence-corrected chi connectivity index (χ1v) is 8.27. The number of carbonyl (C=O) groups is 1. The van der Waals surface area contributed by atoms with Gasteiger partial charge in [-0.25, -0.2) is 0 Å². The van der Waals surface area contributed by atoms with E-state index in [0.29, 0.717) is 11.9 Å². The van der Waals surface area contributed by atoms with Gasteiger partial charge in [-0.05, 0) is 57.9 Å². The average Bonchev–Trinajstić information content (AvgIpc) is 3.08. The van der Waals surface area contributed by atoms with E-state index in [1.165, 1.54) is 44.9 Å². The quantitative estimate of drug-likeness (QED) is 0.831. The first-order chi connectivity index (χ1) is 9.21. The van der Waals surface area contributed by atoms with Crippen molar-refractivity contribution in [3.63, 3.8) is 0 Å². The van der Waals surface area contributed by atoms with Crippen molar-refractivity contribution < 1.29 is 4.79 Å². The van der Waals surface area contributed by atoms with Gasteiger partial charge < -0.3 is 10.2 Å². The fraction of sp³-hybridized carbons (Fsp3) is 0.938. The summed E-state index contributed by atoms with van der Waals surface area (Å²) in [4.78, 5) is 15.1. The number of amides is 1. The Hall–Kier alpha value is -0.570. The van der Waals surface area contributed by atoms with Gasteiger partial charge in [0, 0.05) is 12.6 Å². The van der Waals surface area contributed by atoms with Crippen LogP contribution in [0, 0.1) is 5.92 Å². The van der Waals surface area contributed by atoms with Crippen molar-refractivity contribution in [3.8, 4) is 0 Å². The zero-order valence-corrected chi connectivity index (χ0v) is 12.3. The monoisotopic (exact) mass is 264 g/mol. The fourth-order valence-corrected chi connectivity index (χ4v) is 4.45. The van der Waals surface area contributed by atoms with Crippen LogP contribution in [0.1, 0.15) is 64.7 Å². The molecule has 2 heterocycles. The fourth-order valence-electron chi connectivity index (χ4n) is 4.45. The van der Waals surface area contributed by atoms with Gasteiger partial charge >= 0.3 is 0 Å². The lowest BCUT2D eigenvalue weighted by molar-refractivity contribution is -0.139. The maximum absolute atomic E-state index is 12.9. The summed E-state index contributed by atoms with van der Waals surface area (Å²) in [5, 5.41) is 3.44. The van der Waals surface area contributed by atoms with E-state index in [4.69, 9.17) is 0 Å². The van der Waals surface area contributed by atoms with Crippen LogP contribution in [0.4, 0.5) is 0 Å². The lowest BCUT2D eigenvalue weighted by atomic mass is 9.82. The Kier molecular flexibility index (Phi) is 3.84. The Balaban J connectivity index is 1.70. The summed E-state index contributed by atoms with van der Waals surface area (Å²) in [7, 11) is 0. The molecule has 19 heavy (non-hydrogen) atoms. The summed E-state index contributed by atoms with van der Waals surface area (Å²) < 4.78 is 0. The van der Waals surface area contributed by atoms with Crippen LogP contribution in [0.2, 0.25) is 0 Å². The van der Waals surface area contributed by atoms with Gasteiger partial charge in [-0.15, -0.1) is 0 Å². The number of nitrogens with one attached hydrogen (secondary N) is 1. The topological polar surface area (TPSA) is 32.3 Å². The highest BCUT2D eigenvalue weighted by Crippen LogP contribution is 2.36. The SMILES string of the molecule is CC1(C(=O)N2CCCC2C2CCCCC2)CCCN1. The zero-order valence-electron chi connectivity index (χ0n) is 12.3. The highest BCUT2D eigenvalue weighted by Gasteiger charge is 2.44. The summed E-state index contributed by atoms with van der Waals surface area (Å²) in [6, 6.07) is 0.548. The first kappa shape index (κ1) is 13.4. The van der Waals surface area contributed by atoms with E-state index in [0.717, 1.165) is 31.8 Å². The largest absolute Gasteiger partial charge is 0.338 e. The number of rotatable bonds is 2. The summed E-state index contributed by atoms with van der Waals surface area (Å²) in [5.74, 6) is 1.17. The van der Waals surface area contributed by atoms with E-state index in [-0.39, 0.29) is 5.54 Å². The number of carbonyl (C=O) groups excluding carboxylic acids is 1. The minimum atomic E-state index is -0.267. The van der Waals surface area contributed by atoms with Crippen molar-refractivity contribution in [3.05, 3.63) is 0 Å². The predicted octanol–water partition coefficient (Wildman–Crippen LogP) is 2.70. The van der Waals surface area contributed by atoms with Gasteiger partial charge in [-0.1, -0.05) is 19.3 Å². The Morgan fingerprint density at radius 3 is 2.58 bits per heavy atom. The Labute approximate surface area is 117 Å². The van der Waals surface area contributed by atoms with Crippen LogP contribution in [-0.4, -0.2) is 35.5 Å². The molecule has 0 aromatic carbocycles. The Morgan fingerprint density at radius 2 is 1.89 bits per heavy atom. The molecule has 0 aromatic rings. The first-order valence-electron chi connectivity index (χ1n) is 8.27. The molecule has 2 saturated heterocycles. The summed E-state index contributed by atoms with van der Waals surface area (Å²) in [6.07, 6.45) is 11.4. The molecular weight excluding hydrogens is 236 g/mol. The van der Waals surface area contributed by atoms with E-state index < -0.39 is 0 Å². The van der Waals surface area contributed by atoms with Gasteiger partial charge in [0.15, 0.2) is 0 Å². The molecule has 1 saturated carbocycles. The van der Waals surface area contributed by atoms with Crippen LogP contribution in [-0.2, 0) is 4.79 Å². The molecule has 0 spiro atoms. The van der Waals surface area contributed by atoms with E-state index >= 15 is 0 Å². The van der Waals surface area contributed by atoms with Crippen molar-refractivity contribution in [2.24, 2.45) is 5.92 Å². The molecular formula is C16H28N2O. The van der Waals surface area contributed by atoms with Crippen LogP contribution in [0.3, 0.4) is 0 Å². The molecule has 3 fully saturated rings. The molecule has 2 unspecified atom stereocenters. The number of hydrogen-bond acceptors (Lipinski definition) is 2. The smallest absolute Gasteiger partial charge is 0.242 e. The normalized spacial score (nSPS) is 36.9. The summed E-state index contributed by atoms with van der Waals surface area (Å²) in [5.41, 5.74) is -0.267. The molecule has 3 aliphatic rings. The van der Waals surface area contributed by atoms with E-state index in [1.54, 1.807) is 0 Å². The van der Waals surface area contributed by atoms with Crippen molar-refractivity contribution in [2.45, 2.75) is 76.3 Å². The van der Waals surface area contributed by atoms with Gasteiger partial charge in [0.05, 0.1) is 5.54 Å². The molecule has 2 atom stereocenters. The minimum Gasteiger partial charge on any atom is -0.338 e. The second-order valence-corrected chi connectivity index (χ2v) is 6.97. The second kappa shape index (κ2) is 5.43. The minimum absolute atomic E-state index is 0.267. The maximum atomic E-state index is 12.9. The lowest BCUT2D eigenvalue weighted by Gasteiger charge is -2.38. The van der Waals surface area contributed by atoms with E-state index in [9.17, 15) is 4.79 Å². The number of likely N-dealkylation sites (tertiary alicyclic amines) is 1. The molecule has 1 amide bonds. The number of hydrogen-bond donors (Lipinski definition) is 1. The third-order valence-electron chi connectivity index (χ3n) is 5.59. The van der Waals surface area contributed by atoms with Crippen LogP contribution < -0.4 is 5.32 Å². The van der Waals surface area contributed by atoms with E-state index in [2.05, 4.69) is 17.1 Å². The average molecular weight is 264 g/mol. The molecule has 2 aliphatic heterocycles. The highest BCUT2D eigenvalue weighted by atomic mass is 16.2. The molecule has 108 valence electrons. The second-order valence-electron chi connectivity index (χ2n) is 6.97. The van der Waals surface area contributed by atoms with Gasteiger partial charge in [0.1, 0.15) is 0 Å². The summed E-state index contributed by atoms with van der Waals surface area (Å²) >= 11 is 0. The van der Waals surface area contributed by atoms with Crippen molar-refractivity contribution in [1.82, 2.24) is 10.2 Å². The molecule has 1 aliphatic carbocycles. The van der Waals surface area contributed by atoms with Crippen molar-refractivity contribution >= 4 is 5.91 Å². The molecule has 1 N–H and O–H groups in total. The van der Waals surface area contributed by atoms with Crippen LogP contribution in [0.25, 0.3) is 0 Å². The number of nitrogens with zero attached hydrogens (tertiary/aromatic N) is 1. The van der Waals surface area contributed by atoms with Crippen molar-refractivity contribution in [1.29, 1.82) is 0 Å². The van der Waals surface area contributed by atoms with Crippen LogP contribution in [0.5, 0.6) is 0 Å². The Bertz CT molecular complexity index is 330. The zero-order chi connectivity index (χ0) is 13.3. The van der Waals surface area contributed by atoms with Gasteiger partial charge in [-0.2, -0.15) is 0 Å². The third kappa shape index (κ3) is 2.54. The van der Waals surface area contributed by atoms with Crippen molar-refractivity contribution in [2.75, 3.05) is 13.1 Å². The van der Waals surface area contributed by atoms with E-state index in [1.807, 2.05) is 0 Å². The molecule has 0 aromatic heterocycles. The van der Waals surface area contributed by atoms with Gasteiger partial charge in [0.2, 0.25) is 5.91 Å².